The van der Waals surface area contributed by atoms with E-state index in [2.05, 4.69) is 0 Å². The van der Waals surface area contributed by atoms with Crippen LogP contribution in [-0.4, -0.2) is 22.4 Å². The maximum atomic E-state index is 9.93. The van der Waals surface area contributed by atoms with Crippen LogP contribution in [0.5, 0.6) is 0 Å². The number of rotatable bonds is 0. The zero-order chi connectivity index (χ0) is 8.74. The van der Waals surface area contributed by atoms with Crippen molar-refractivity contribution in [3.8, 4) is 0 Å². The Kier molecular flexibility index (Phi) is 1.09. The molecular weight excluding hydrogens is 164 g/mol. The van der Waals surface area contributed by atoms with Gasteiger partial charge in [-0.25, -0.2) is 0 Å². The molecule has 0 spiro atoms. The Morgan fingerprint density at radius 1 is 0.615 bits per heavy atom. The molecule has 4 saturated carbocycles. The fourth-order valence-electron chi connectivity index (χ4n) is 5.41. The molecule has 0 radical (unpaired) electrons. The second kappa shape index (κ2) is 1.96. The van der Waals surface area contributed by atoms with Crippen molar-refractivity contribution in [3.05, 3.63) is 0 Å². The van der Waals surface area contributed by atoms with Gasteiger partial charge in [-0.1, -0.05) is 0 Å². The lowest BCUT2D eigenvalue weighted by atomic mass is 9.79. The van der Waals surface area contributed by atoms with Gasteiger partial charge in [-0.3, -0.25) is 0 Å². The smallest absolute Gasteiger partial charge is 0.0577 e. The third-order valence-electron chi connectivity index (χ3n) is 5.54. The Morgan fingerprint density at radius 2 is 1.08 bits per heavy atom. The highest BCUT2D eigenvalue weighted by Crippen LogP contribution is 2.70. The Hall–Kier alpha value is -0.0800. The highest BCUT2D eigenvalue weighted by molar-refractivity contribution is 5.17. The van der Waals surface area contributed by atoms with E-state index in [9.17, 15) is 10.2 Å². The largest absolute Gasteiger partial charge is 0.393 e. The molecule has 4 rings (SSSR count). The Balaban J connectivity index is 1.86. The van der Waals surface area contributed by atoms with Crippen LogP contribution < -0.4 is 0 Å². The standard InChI is InChI=1S/C11H16O2/c12-8-2-4-5-3-9(13)11-7(5)1-6(4)10(8)11/h4-13H,1-3H2/t4-,5+,6-,7+,8+,9-,10-,11-/m0/s1. The zero-order valence-corrected chi connectivity index (χ0v) is 7.63. The van der Waals surface area contributed by atoms with Gasteiger partial charge in [0.1, 0.15) is 0 Å². The first-order chi connectivity index (χ1) is 6.27. The molecule has 2 heteroatoms. The lowest BCUT2D eigenvalue weighted by Crippen LogP contribution is -2.30. The molecule has 4 aliphatic rings. The fraction of sp³-hybridized carbons (Fsp3) is 1.00. The topological polar surface area (TPSA) is 40.5 Å². The van der Waals surface area contributed by atoms with E-state index in [0.717, 1.165) is 36.5 Å². The molecule has 0 aromatic heterocycles. The maximum absolute atomic E-state index is 9.93. The molecule has 72 valence electrons. The summed E-state index contributed by atoms with van der Waals surface area (Å²) in [4.78, 5) is 0. The van der Waals surface area contributed by atoms with Crippen molar-refractivity contribution in [3.63, 3.8) is 0 Å². The van der Waals surface area contributed by atoms with Crippen molar-refractivity contribution < 1.29 is 10.2 Å². The monoisotopic (exact) mass is 180 g/mol. The number of hydrogen-bond acceptors (Lipinski definition) is 2. The molecular formula is C11H16O2. The minimum atomic E-state index is -0.0788. The number of aliphatic hydroxyl groups excluding tert-OH is 2. The maximum Gasteiger partial charge on any atom is 0.0577 e. The third kappa shape index (κ3) is 0.608. The molecule has 0 amide bonds. The molecule has 4 fully saturated rings. The van der Waals surface area contributed by atoms with E-state index < -0.39 is 0 Å². The average Bonchev–Trinajstić information content (AvgIpc) is 2.67. The predicted molar refractivity (Wildman–Crippen MR) is 46.8 cm³/mol. The number of aliphatic hydroxyl groups is 2. The van der Waals surface area contributed by atoms with Crippen LogP contribution >= 0.6 is 0 Å². The summed E-state index contributed by atoms with van der Waals surface area (Å²) in [5.74, 6) is 4.07. The van der Waals surface area contributed by atoms with Crippen LogP contribution in [0, 0.1) is 35.5 Å². The van der Waals surface area contributed by atoms with Gasteiger partial charge in [-0.05, 0) is 54.8 Å². The molecule has 0 aromatic carbocycles. The van der Waals surface area contributed by atoms with Crippen LogP contribution in [0.4, 0.5) is 0 Å². The van der Waals surface area contributed by atoms with E-state index in [1.165, 1.54) is 6.42 Å². The molecule has 0 unspecified atom stereocenters. The van der Waals surface area contributed by atoms with E-state index in [0.29, 0.717) is 11.8 Å². The molecule has 2 N–H and O–H groups in total. The quantitative estimate of drug-likeness (QED) is 0.574. The van der Waals surface area contributed by atoms with Crippen molar-refractivity contribution in [2.24, 2.45) is 35.5 Å². The van der Waals surface area contributed by atoms with E-state index in [-0.39, 0.29) is 12.2 Å². The molecule has 0 aromatic rings. The Morgan fingerprint density at radius 3 is 1.54 bits per heavy atom. The van der Waals surface area contributed by atoms with E-state index in [1.54, 1.807) is 0 Å². The van der Waals surface area contributed by atoms with Crippen molar-refractivity contribution >= 4 is 0 Å². The van der Waals surface area contributed by atoms with E-state index >= 15 is 0 Å². The molecule has 2 bridgehead atoms. The van der Waals surface area contributed by atoms with Gasteiger partial charge in [0, 0.05) is 0 Å². The molecule has 0 saturated heterocycles. The Labute approximate surface area is 78.0 Å². The summed E-state index contributed by atoms with van der Waals surface area (Å²) in [5, 5.41) is 19.9. The molecule has 8 atom stereocenters. The fourth-order valence-corrected chi connectivity index (χ4v) is 5.41. The second-order valence-electron chi connectivity index (χ2n) is 5.65. The zero-order valence-electron chi connectivity index (χ0n) is 7.63. The molecule has 4 aliphatic carbocycles. The second-order valence-corrected chi connectivity index (χ2v) is 5.65. The summed E-state index contributed by atoms with van der Waals surface area (Å²) in [5.41, 5.74) is 0. The summed E-state index contributed by atoms with van der Waals surface area (Å²) in [6.07, 6.45) is 3.24. The summed E-state index contributed by atoms with van der Waals surface area (Å²) < 4.78 is 0. The van der Waals surface area contributed by atoms with Crippen LogP contribution in [-0.2, 0) is 0 Å². The van der Waals surface area contributed by atoms with Crippen molar-refractivity contribution in [2.45, 2.75) is 31.5 Å². The SMILES string of the molecule is O[C@@H]1C[C@H]2[C@H]3C[C@H](O)[C@@H]4[C@@H]3C[C@@H]2[C@H]41. The van der Waals surface area contributed by atoms with Crippen LogP contribution in [0.3, 0.4) is 0 Å². The number of fused-ring (bicyclic) bond motifs is 2. The Bertz CT molecular complexity index is 235. The summed E-state index contributed by atoms with van der Waals surface area (Å²) in [7, 11) is 0. The van der Waals surface area contributed by atoms with Gasteiger partial charge >= 0.3 is 0 Å². The molecule has 2 nitrogen and oxygen atoms in total. The van der Waals surface area contributed by atoms with Gasteiger partial charge < -0.3 is 10.2 Å². The van der Waals surface area contributed by atoms with E-state index in [4.69, 9.17) is 0 Å². The lowest BCUT2D eigenvalue weighted by molar-refractivity contribution is 0.0365. The summed E-state index contributed by atoms with van der Waals surface area (Å²) in [6, 6.07) is 0. The minimum absolute atomic E-state index is 0.0788. The van der Waals surface area contributed by atoms with Crippen molar-refractivity contribution in [1.82, 2.24) is 0 Å². The summed E-state index contributed by atoms with van der Waals surface area (Å²) in [6.45, 7) is 0. The normalized spacial score (nSPS) is 72.5. The lowest BCUT2D eigenvalue weighted by Gasteiger charge is -2.27. The number of hydrogen-bond donors (Lipinski definition) is 2. The van der Waals surface area contributed by atoms with E-state index in [1.807, 2.05) is 0 Å². The summed E-state index contributed by atoms with van der Waals surface area (Å²) >= 11 is 0. The first-order valence-corrected chi connectivity index (χ1v) is 5.63. The predicted octanol–water partition coefficient (Wildman–Crippen LogP) is 0.630. The van der Waals surface area contributed by atoms with Crippen LogP contribution in [0.1, 0.15) is 19.3 Å². The molecule has 0 aliphatic heterocycles. The van der Waals surface area contributed by atoms with Gasteiger partial charge in [0.25, 0.3) is 0 Å². The van der Waals surface area contributed by atoms with Crippen LogP contribution in [0.2, 0.25) is 0 Å². The highest BCUT2D eigenvalue weighted by atomic mass is 16.3. The van der Waals surface area contributed by atoms with Gasteiger partial charge in [-0.15, -0.1) is 0 Å². The van der Waals surface area contributed by atoms with Gasteiger partial charge in [0.15, 0.2) is 0 Å². The first-order valence-electron chi connectivity index (χ1n) is 5.63. The van der Waals surface area contributed by atoms with Crippen molar-refractivity contribution in [1.29, 1.82) is 0 Å². The third-order valence-corrected chi connectivity index (χ3v) is 5.54. The molecule has 13 heavy (non-hydrogen) atoms. The van der Waals surface area contributed by atoms with Crippen LogP contribution in [0.15, 0.2) is 0 Å². The van der Waals surface area contributed by atoms with Crippen LogP contribution in [0.25, 0.3) is 0 Å². The van der Waals surface area contributed by atoms with Gasteiger partial charge in [0.05, 0.1) is 12.2 Å². The van der Waals surface area contributed by atoms with Crippen molar-refractivity contribution in [2.75, 3.05) is 0 Å². The minimum Gasteiger partial charge on any atom is -0.393 e. The first kappa shape index (κ1) is 7.24. The average molecular weight is 180 g/mol. The highest BCUT2D eigenvalue weighted by Gasteiger charge is 2.68. The molecule has 0 heterocycles. The van der Waals surface area contributed by atoms with Gasteiger partial charge in [0.2, 0.25) is 0 Å². The van der Waals surface area contributed by atoms with Gasteiger partial charge in [-0.2, -0.15) is 0 Å².